The van der Waals surface area contributed by atoms with E-state index in [9.17, 15) is 4.79 Å². The third-order valence-corrected chi connectivity index (χ3v) is 6.07. The van der Waals surface area contributed by atoms with Crippen LogP contribution in [0.25, 0.3) is 0 Å². The van der Waals surface area contributed by atoms with Gasteiger partial charge in [-0.05, 0) is 35.4 Å². The van der Waals surface area contributed by atoms with Gasteiger partial charge in [0, 0.05) is 46.3 Å². The predicted molar refractivity (Wildman–Crippen MR) is 111 cm³/mol. The SMILES string of the molecule is CN=C(NCCCNC(=O)c1cccs1)N1CCN(c2cccs2)CC1. The van der Waals surface area contributed by atoms with Crippen LogP contribution >= 0.6 is 22.7 Å². The van der Waals surface area contributed by atoms with Gasteiger partial charge in [0.25, 0.3) is 5.91 Å². The number of hydrogen-bond acceptors (Lipinski definition) is 5. The van der Waals surface area contributed by atoms with Gasteiger partial charge in [-0.1, -0.05) is 6.07 Å². The highest BCUT2D eigenvalue weighted by Crippen LogP contribution is 2.22. The van der Waals surface area contributed by atoms with Gasteiger partial charge in [-0.2, -0.15) is 0 Å². The molecule has 0 aliphatic carbocycles. The molecule has 0 aromatic carbocycles. The summed E-state index contributed by atoms with van der Waals surface area (Å²) in [5.41, 5.74) is 0. The Morgan fingerprint density at radius 3 is 2.46 bits per heavy atom. The third-order valence-electron chi connectivity index (χ3n) is 4.28. The third kappa shape index (κ3) is 4.98. The predicted octanol–water partition coefficient (Wildman–Crippen LogP) is 2.33. The molecule has 8 heteroatoms. The molecule has 0 atom stereocenters. The van der Waals surface area contributed by atoms with Crippen molar-refractivity contribution >= 4 is 39.5 Å². The molecule has 2 aromatic rings. The number of piperazine rings is 1. The van der Waals surface area contributed by atoms with E-state index >= 15 is 0 Å². The number of rotatable bonds is 6. The Bertz CT molecular complexity index is 691. The smallest absolute Gasteiger partial charge is 0.261 e. The summed E-state index contributed by atoms with van der Waals surface area (Å²) in [6.45, 7) is 5.41. The Kier molecular flexibility index (Phi) is 6.90. The molecular formula is C18H25N5OS2. The Labute approximate surface area is 162 Å². The van der Waals surface area contributed by atoms with E-state index in [1.807, 2.05) is 24.6 Å². The summed E-state index contributed by atoms with van der Waals surface area (Å²) in [6.07, 6.45) is 0.866. The maximum Gasteiger partial charge on any atom is 0.261 e. The van der Waals surface area contributed by atoms with Crippen LogP contribution in [0, 0.1) is 0 Å². The summed E-state index contributed by atoms with van der Waals surface area (Å²) in [5, 5.41) is 11.7. The highest BCUT2D eigenvalue weighted by Gasteiger charge is 2.20. The van der Waals surface area contributed by atoms with Crippen LogP contribution in [0.1, 0.15) is 16.1 Å². The van der Waals surface area contributed by atoms with E-state index in [0.29, 0.717) is 6.54 Å². The van der Waals surface area contributed by atoms with Crippen LogP contribution < -0.4 is 15.5 Å². The van der Waals surface area contributed by atoms with Gasteiger partial charge < -0.3 is 20.4 Å². The lowest BCUT2D eigenvalue weighted by molar-refractivity contribution is 0.0957. The maximum absolute atomic E-state index is 11.9. The van der Waals surface area contributed by atoms with E-state index in [-0.39, 0.29) is 5.91 Å². The number of anilines is 1. The van der Waals surface area contributed by atoms with E-state index in [2.05, 4.69) is 42.9 Å². The Balaban J connectivity index is 1.34. The van der Waals surface area contributed by atoms with Gasteiger partial charge in [0.15, 0.2) is 5.96 Å². The van der Waals surface area contributed by atoms with Crippen molar-refractivity contribution in [1.29, 1.82) is 0 Å². The highest BCUT2D eigenvalue weighted by molar-refractivity contribution is 7.14. The molecule has 0 spiro atoms. The lowest BCUT2D eigenvalue weighted by Crippen LogP contribution is -2.52. The van der Waals surface area contributed by atoms with Crippen molar-refractivity contribution in [3.63, 3.8) is 0 Å². The summed E-state index contributed by atoms with van der Waals surface area (Å²) >= 11 is 3.26. The van der Waals surface area contributed by atoms with Crippen molar-refractivity contribution in [2.75, 3.05) is 51.2 Å². The van der Waals surface area contributed by atoms with E-state index in [0.717, 1.165) is 50.0 Å². The summed E-state index contributed by atoms with van der Waals surface area (Å²) in [7, 11) is 1.83. The first-order valence-corrected chi connectivity index (χ1v) is 10.6. The fraction of sp³-hybridized carbons (Fsp3) is 0.444. The van der Waals surface area contributed by atoms with E-state index in [1.165, 1.54) is 16.3 Å². The standard InChI is InChI=1S/C18H25N5OS2/c1-19-18(21-8-4-7-20-17(24)15-5-2-13-25-15)23-11-9-22(10-12-23)16-6-3-14-26-16/h2-3,5-6,13-14H,4,7-12H2,1H3,(H,19,21)(H,20,24). The number of carbonyl (C=O) groups is 1. The number of thiophene rings is 2. The van der Waals surface area contributed by atoms with Gasteiger partial charge in [0.1, 0.15) is 0 Å². The first-order valence-electron chi connectivity index (χ1n) is 8.83. The molecule has 0 unspecified atom stereocenters. The summed E-state index contributed by atoms with van der Waals surface area (Å²) in [4.78, 5) is 21.8. The van der Waals surface area contributed by atoms with Gasteiger partial charge >= 0.3 is 0 Å². The second kappa shape index (κ2) is 9.59. The normalized spacial score (nSPS) is 15.2. The van der Waals surface area contributed by atoms with E-state index in [1.54, 1.807) is 11.3 Å². The monoisotopic (exact) mass is 391 g/mol. The van der Waals surface area contributed by atoms with Crippen LogP contribution in [0.2, 0.25) is 0 Å². The van der Waals surface area contributed by atoms with Crippen LogP contribution in [-0.2, 0) is 0 Å². The molecule has 1 amide bonds. The minimum absolute atomic E-state index is 0.00841. The minimum atomic E-state index is 0.00841. The van der Waals surface area contributed by atoms with Crippen molar-refractivity contribution in [3.05, 3.63) is 39.9 Å². The average Bonchev–Trinajstić information content (AvgIpc) is 3.39. The number of amides is 1. The average molecular weight is 392 g/mol. The van der Waals surface area contributed by atoms with Crippen molar-refractivity contribution in [3.8, 4) is 0 Å². The summed E-state index contributed by atoms with van der Waals surface area (Å²) in [6, 6.07) is 8.02. The number of guanidine groups is 1. The molecule has 0 saturated carbocycles. The molecule has 2 N–H and O–H groups in total. The number of hydrogen-bond donors (Lipinski definition) is 2. The molecule has 0 bridgehead atoms. The number of nitrogens with one attached hydrogen (secondary N) is 2. The van der Waals surface area contributed by atoms with Crippen LogP contribution in [0.3, 0.4) is 0 Å². The molecule has 3 rings (SSSR count). The van der Waals surface area contributed by atoms with Crippen LogP contribution in [0.4, 0.5) is 5.00 Å². The lowest BCUT2D eigenvalue weighted by Gasteiger charge is -2.37. The highest BCUT2D eigenvalue weighted by atomic mass is 32.1. The van der Waals surface area contributed by atoms with Gasteiger partial charge in [-0.15, -0.1) is 22.7 Å². The molecule has 140 valence electrons. The molecular weight excluding hydrogens is 366 g/mol. The molecule has 1 saturated heterocycles. The maximum atomic E-state index is 11.9. The largest absolute Gasteiger partial charge is 0.360 e. The van der Waals surface area contributed by atoms with Crippen LogP contribution in [0.5, 0.6) is 0 Å². The molecule has 1 aliphatic rings. The second-order valence-electron chi connectivity index (χ2n) is 5.99. The fourth-order valence-corrected chi connectivity index (χ4v) is 4.33. The minimum Gasteiger partial charge on any atom is -0.360 e. The lowest BCUT2D eigenvalue weighted by atomic mass is 10.3. The van der Waals surface area contributed by atoms with Gasteiger partial charge in [-0.25, -0.2) is 0 Å². The Hall–Kier alpha value is -2.06. The molecule has 3 heterocycles. The van der Waals surface area contributed by atoms with E-state index < -0.39 is 0 Å². The quantitative estimate of drug-likeness (QED) is 0.451. The van der Waals surface area contributed by atoms with E-state index in [4.69, 9.17) is 0 Å². The van der Waals surface area contributed by atoms with Crippen molar-refractivity contribution < 1.29 is 4.79 Å². The zero-order chi connectivity index (χ0) is 18.2. The van der Waals surface area contributed by atoms with Crippen molar-refractivity contribution in [2.45, 2.75) is 6.42 Å². The van der Waals surface area contributed by atoms with Gasteiger partial charge in [0.05, 0.1) is 9.88 Å². The number of aliphatic imine (C=N–C) groups is 1. The second-order valence-corrected chi connectivity index (χ2v) is 7.86. The number of nitrogens with zero attached hydrogens (tertiary/aromatic N) is 3. The van der Waals surface area contributed by atoms with Crippen LogP contribution in [-0.4, -0.2) is 63.1 Å². The Morgan fingerprint density at radius 1 is 1.08 bits per heavy atom. The molecule has 6 nitrogen and oxygen atoms in total. The van der Waals surface area contributed by atoms with Gasteiger partial charge in [0.2, 0.25) is 0 Å². The van der Waals surface area contributed by atoms with Gasteiger partial charge in [-0.3, -0.25) is 9.79 Å². The number of carbonyl (C=O) groups excluding carboxylic acids is 1. The zero-order valence-corrected chi connectivity index (χ0v) is 16.6. The summed E-state index contributed by atoms with van der Waals surface area (Å²) < 4.78 is 0. The molecule has 1 fully saturated rings. The topological polar surface area (TPSA) is 60.0 Å². The van der Waals surface area contributed by atoms with Crippen molar-refractivity contribution in [2.24, 2.45) is 4.99 Å². The molecule has 0 radical (unpaired) electrons. The molecule has 2 aromatic heterocycles. The Morgan fingerprint density at radius 2 is 1.81 bits per heavy atom. The first kappa shape index (κ1) is 18.7. The molecule has 1 aliphatic heterocycles. The zero-order valence-electron chi connectivity index (χ0n) is 15.0. The first-order chi connectivity index (χ1) is 12.8. The fourth-order valence-electron chi connectivity index (χ4n) is 2.91. The van der Waals surface area contributed by atoms with Crippen molar-refractivity contribution in [1.82, 2.24) is 15.5 Å². The van der Waals surface area contributed by atoms with Crippen LogP contribution in [0.15, 0.2) is 40.0 Å². The summed E-state index contributed by atoms with van der Waals surface area (Å²) in [5.74, 6) is 0.953. The molecule has 26 heavy (non-hydrogen) atoms.